The molecule has 0 amide bonds. The number of fused-ring (bicyclic) bond motifs is 1. The molecule has 4 nitrogen and oxygen atoms in total. The summed E-state index contributed by atoms with van der Waals surface area (Å²) in [4.78, 5) is 15.7. The third-order valence-corrected chi connectivity index (χ3v) is 5.67. The SMILES string of the molecule is CCOC(=O)c1c(NC(=S)N(C)CC)sc2c1C(C)CCC2. The Bertz CT molecular complexity index is 569. The van der Waals surface area contributed by atoms with Crippen LogP contribution in [0.2, 0.25) is 0 Å². The van der Waals surface area contributed by atoms with Crippen LogP contribution < -0.4 is 5.32 Å². The molecule has 2 rings (SSSR count). The van der Waals surface area contributed by atoms with Gasteiger partial charge in [-0.05, 0) is 56.8 Å². The summed E-state index contributed by atoms with van der Waals surface area (Å²) in [5, 5.41) is 4.73. The van der Waals surface area contributed by atoms with Gasteiger partial charge in [0.25, 0.3) is 0 Å². The molecule has 1 aromatic rings. The number of hydrogen-bond donors (Lipinski definition) is 1. The van der Waals surface area contributed by atoms with Gasteiger partial charge >= 0.3 is 5.97 Å². The second-order valence-electron chi connectivity index (χ2n) is 5.60. The van der Waals surface area contributed by atoms with Gasteiger partial charge in [-0.25, -0.2) is 4.79 Å². The molecule has 0 aromatic carbocycles. The van der Waals surface area contributed by atoms with Crippen LogP contribution in [0.25, 0.3) is 0 Å². The summed E-state index contributed by atoms with van der Waals surface area (Å²) in [6.07, 6.45) is 3.33. The van der Waals surface area contributed by atoms with Crippen LogP contribution in [0.4, 0.5) is 5.00 Å². The number of thiophene rings is 1. The van der Waals surface area contributed by atoms with Crippen LogP contribution in [0.15, 0.2) is 0 Å². The first kappa shape index (κ1) is 17.2. The lowest BCUT2D eigenvalue weighted by Crippen LogP contribution is -2.31. The second kappa shape index (κ2) is 7.42. The van der Waals surface area contributed by atoms with Crippen molar-refractivity contribution in [1.82, 2.24) is 4.90 Å². The number of anilines is 1. The topological polar surface area (TPSA) is 41.6 Å². The number of esters is 1. The van der Waals surface area contributed by atoms with E-state index in [9.17, 15) is 4.79 Å². The van der Waals surface area contributed by atoms with E-state index in [1.54, 1.807) is 11.3 Å². The van der Waals surface area contributed by atoms with Crippen molar-refractivity contribution in [2.75, 3.05) is 25.5 Å². The maximum Gasteiger partial charge on any atom is 0.341 e. The number of ether oxygens (including phenoxy) is 1. The summed E-state index contributed by atoms with van der Waals surface area (Å²) >= 11 is 7.06. The van der Waals surface area contributed by atoms with Crippen molar-refractivity contribution in [2.24, 2.45) is 0 Å². The van der Waals surface area contributed by atoms with E-state index < -0.39 is 0 Å². The number of thiocarbonyl (C=S) groups is 1. The number of hydrogen-bond acceptors (Lipinski definition) is 4. The predicted molar refractivity (Wildman–Crippen MR) is 96.2 cm³/mol. The first-order valence-corrected chi connectivity index (χ1v) is 9.06. The smallest absolute Gasteiger partial charge is 0.341 e. The van der Waals surface area contributed by atoms with Crippen molar-refractivity contribution in [2.45, 2.75) is 46.0 Å². The molecular formula is C16H24N2O2S2. The molecule has 1 aliphatic rings. The number of nitrogens with zero attached hydrogens (tertiary/aromatic N) is 1. The van der Waals surface area contributed by atoms with E-state index in [1.807, 2.05) is 25.8 Å². The maximum absolute atomic E-state index is 12.5. The Balaban J connectivity index is 2.40. The van der Waals surface area contributed by atoms with Crippen molar-refractivity contribution < 1.29 is 9.53 Å². The van der Waals surface area contributed by atoms with Crippen LogP contribution in [-0.2, 0) is 11.2 Å². The molecule has 1 aliphatic carbocycles. The first-order valence-electron chi connectivity index (χ1n) is 7.84. The number of aryl methyl sites for hydroxylation is 1. The zero-order valence-electron chi connectivity index (χ0n) is 13.7. The monoisotopic (exact) mass is 340 g/mol. The summed E-state index contributed by atoms with van der Waals surface area (Å²) in [6, 6.07) is 0. The fraction of sp³-hybridized carbons (Fsp3) is 0.625. The predicted octanol–water partition coefficient (Wildman–Crippen LogP) is 4.01. The average molecular weight is 341 g/mol. The second-order valence-corrected chi connectivity index (χ2v) is 7.09. The first-order chi connectivity index (χ1) is 10.5. The number of nitrogens with one attached hydrogen (secondary N) is 1. The highest BCUT2D eigenvalue weighted by atomic mass is 32.1. The molecule has 0 radical (unpaired) electrons. The number of rotatable bonds is 4. The van der Waals surface area contributed by atoms with E-state index in [0.717, 1.165) is 24.4 Å². The Morgan fingerprint density at radius 3 is 2.86 bits per heavy atom. The summed E-state index contributed by atoms with van der Waals surface area (Å²) in [7, 11) is 1.94. The molecule has 1 aromatic heterocycles. The minimum absolute atomic E-state index is 0.238. The van der Waals surface area contributed by atoms with E-state index in [2.05, 4.69) is 12.2 Å². The molecule has 1 unspecified atom stereocenters. The van der Waals surface area contributed by atoms with E-state index in [1.165, 1.54) is 16.9 Å². The average Bonchev–Trinajstić information content (AvgIpc) is 2.86. The van der Waals surface area contributed by atoms with Crippen molar-refractivity contribution in [3.63, 3.8) is 0 Å². The molecule has 0 bridgehead atoms. The van der Waals surface area contributed by atoms with Gasteiger partial charge < -0.3 is 15.0 Å². The molecule has 122 valence electrons. The van der Waals surface area contributed by atoms with E-state index in [4.69, 9.17) is 17.0 Å². The molecule has 22 heavy (non-hydrogen) atoms. The van der Waals surface area contributed by atoms with Gasteiger partial charge in [0.15, 0.2) is 5.11 Å². The lowest BCUT2D eigenvalue weighted by Gasteiger charge is -2.20. The quantitative estimate of drug-likeness (QED) is 0.662. The number of carbonyl (C=O) groups is 1. The summed E-state index contributed by atoms with van der Waals surface area (Å²) in [6.45, 7) is 7.27. The van der Waals surface area contributed by atoms with Crippen molar-refractivity contribution in [3.05, 3.63) is 16.0 Å². The Morgan fingerprint density at radius 1 is 1.50 bits per heavy atom. The van der Waals surface area contributed by atoms with Crippen molar-refractivity contribution >= 4 is 39.6 Å². The Morgan fingerprint density at radius 2 is 2.23 bits per heavy atom. The zero-order chi connectivity index (χ0) is 16.3. The van der Waals surface area contributed by atoms with Crippen molar-refractivity contribution in [1.29, 1.82) is 0 Å². The van der Waals surface area contributed by atoms with E-state index in [-0.39, 0.29) is 5.97 Å². The summed E-state index contributed by atoms with van der Waals surface area (Å²) < 4.78 is 5.28. The Kier molecular flexibility index (Phi) is 5.81. The normalized spacial score (nSPS) is 16.8. The van der Waals surface area contributed by atoms with Crippen LogP contribution >= 0.6 is 23.6 Å². The van der Waals surface area contributed by atoms with Gasteiger partial charge in [0.1, 0.15) is 5.00 Å². The van der Waals surface area contributed by atoms with E-state index >= 15 is 0 Å². The van der Waals surface area contributed by atoms with Crippen LogP contribution in [0.5, 0.6) is 0 Å². The molecular weight excluding hydrogens is 316 g/mol. The third kappa shape index (κ3) is 3.43. The molecule has 6 heteroatoms. The van der Waals surface area contributed by atoms with Gasteiger partial charge in [0.2, 0.25) is 0 Å². The molecule has 0 spiro atoms. The number of carbonyl (C=O) groups excluding carboxylic acids is 1. The fourth-order valence-electron chi connectivity index (χ4n) is 2.74. The molecule has 0 fully saturated rings. The Labute approximate surface area is 141 Å². The van der Waals surface area contributed by atoms with Gasteiger partial charge in [0, 0.05) is 18.5 Å². The van der Waals surface area contributed by atoms with E-state index in [0.29, 0.717) is 23.2 Å². The molecule has 1 N–H and O–H groups in total. The lowest BCUT2D eigenvalue weighted by atomic mass is 9.86. The third-order valence-electron chi connectivity index (χ3n) is 4.08. The van der Waals surface area contributed by atoms with Crippen molar-refractivity contribution in [3.8, 4) is 0 Å². The highest BCUT2D eigenvalue weighted by molar-refractivity contribution is 7.80. The minimum atomic E-state index is -0.238. The van der Waals surface area contributed by atoms with Crippen LogP contribution in [0.1, 0.15) is 60.3 Å². The fourth-order valence-corrected chi connectivity index (χ4v) is 4.39. The van der Waals surface area contributed by atoms with Crippen LogP contribution in [-0.4, -0.2) is 36.2 Å². The molecule has 0 saturated carbocycles. The van der Waals surface area contributed by atoms with Crippen LogP contribution in [0, 0.1) is 0 Å². The lowest BCUT2D eigenvalue weighted by molar-refractivity contribution is 0.0526. The highest BCUT2D eigenvalue weighted by Gasteiger charge is 2.30. The van der Waals surface area contributed by atoms with Gasteiger partial charge in [-0.1, -0.05) is 6.92 Å². The molecule has 0 aliphatic heterocycles. The van der Waals surface area contributed by atoms with Gasteiger partial charge in [-0.3, -0.25) is 0 Å². The summed E-state index contributed by atoms with van der Waals surface area (Å²) in [5.41, 5.74) is 1.86. The standard InChI is InChI=1S/C16H24N2O2S2/c1-5-18(4)16(21)17-14-13(15(19)20-6-2)12-10(3)8-7-9-11(12)22-14/h10H,5-9H2,1-4H3,(H,17,21). The maximum atomic E-state index is 12.5. The largest absolute Gasteiger partial charge is 0.462 e. The van der Waals surface area contributed by atoms with Gasteiger partial charge in [-0.15, -0.1) is 11.3 Å². The molecule has 1 atom stereocenters. The van der Waals surface area contributed by atoms with Gasteiger partial charge in [0.05, 0.1) is 12.2 Å². The van der Waals surface area contributed by atoms with Crippen LogP contribution in [0.3, 0.4) is 0 Å². The van der Waals surface area contributed by atoms with Gasteiger partial charge in [-0.2, -0.15) is 0 Å². The highest BCUT2D eigenvalue weighted by Crippen LogP contribution is 2.43. The Hall–Kier alpha value is -1.14. The minimum Gasteiger partial charge on any atom is -0.462 e. The molecule has 1 heterocycles. The molecule has 0 saturated heterocycles. The summed E-state index contributed by atoms with van der Waals surface area (Å²) in [5.74, 6) is 0.158. The zero-order valence-corrected chi connectivity index (χ0v) is 15.3.